The molecule has 3 nitrogen and oxygen atoms in total. The molecule has 0 aliphatic heterocycles. The van der Waals surface area contributed by atoms with Crippen molar-refractivity contribution in [2.24, 2.45) is 0 Å². The monoisotopic (exact) mass is 316 g/mol. The first-order valence-electron chi connectivity index (χ1n) is 6.08. The summed E-state index contributed by atoms with van der Waals surface area (Å²) < 4.78 is 6.97. The van der Waals surface area contributed by atoms with Gasteiger partial charge in [0.1, 0.15) is 17.1 Å². The first kappa shape index (κ1) is 13.2. The normalized spacial score (nSPS) is 16.6. The maximum absolute atomic E-state index is 5.38. The van der Waals surface area contributed by atoms with Crippen molar-refractivity contribution in [3.05, 3.63) is 20.6 Å². The van der Waals surface area contributed by atoms with Crippen molar-refractivity contribution in [2.75, 3.05) is 6.61 Å². The number of rotatable bonds is 4. The predicted molar refractivity (Wildman–Crippen MR) is 73.7 cm³/mol. The number of ether oxygens (including phenoxy) is 1. The lowest BCUT2D eigenvalue weighted by Crippen LogP contribution is -2.06. The first-order chi connectivity index (χ1) is 8.22. The highest BCUT2D eigenvalue weighted by Crippen LogP contribution is 2.36. The number of nitrogens with zero attached hydrogens (tertiary/aromatic N) is 1. The van der Waals surface area contributed by atoms with Gasteiger partial charge in [-0.1, -0.05) is 25.1 Å². The van der Waals surface area contributed by atoms with Crippen LogP contribution in [0, 0.1) is 4.64 Å². The summed E-state index contributed by atoms with van der Waals surface area (Å²) in [5.74, 6) is 1.43. The summed E-state index contributed by atoms with van der Waals surface area (Å²) in [5, 5.41) is 0. The Labute approximate surface area is 115 Å². The topological polar surface area (TPSA) is 37.9 Å². The minimum absolute atomic E-state index is 0.507. The summed E-state index contributed by atoms with van der Waals surface area (Å²) in [6.07, 6.45) is 5.09. The molecule has 0 saturated heterocycles. The minimum atomic E-state index is 0.507. The Balaban J connectivity index is 2.29. The van der Waals surface area contributed by atoms with E-state index < -0.39 is 0 Å². The fraction of sp³-hybridized carbons (Fsp3) is 0.667. The SMILES string of the molecule is CCOCc1nc(=S)c(Br)c(C2CCCC2)[nH]1. The summed E-state index contributed by atoms with van der Waals surface area (Å²) in [6.45, 7) is 3.18. The Bertz CT molecular complexity index is 441. The van der Waals surface area contributed by atoms with E-state index in [0.29, 0.717) is 23.8 Å². The molecule has 1 fully saturated rings. The van der Waals surface area contributed by atoms with E-state index in [1.807, 2.05) is 6.92 Å². The van der Waals surface area contributed by atoms with E-state index in [-0.39, 0.29) is 0 Å². The van der Waals surface area contributed by atoms with Gasteiger partial charge in [0, 0.05) is 18.2 Å². The minimum Gasteiger partial charge on any atom is -0.374 e. The molecule has 1 N–H and O–H groups in total. The van der Waals surface area contributed by atoms with Crippen LogP contribution in [0.15, 0.2) is 4.47 Å². The van der Waals surface area contributed by atoms with Crippen LogP contribution in [0.3, 0.4) is 0 Å². The lowest BCUT2D eigenvalue weighted by atomic mass is 10.0. The zero-order chi connectivity index (χ0) is 12.3. The third kappa shape index (κ3) is 3.14. The van der Waals surface area contributed by atoms with Crippen molar-refractivity contribution in [1.29, 1.82) is 0 Å². The number of H-pyrrole nitrogens is 1. The molecule has 1 saturated carbocycles. The standard InChI is InChI=1S/C12H17BrN2OS/c1-2-16-7-9-14-11(8-5-3-4-6-8)10(13)12(17)15-9/h8H,2-7H2,1H3,(H,14,15,17). The van der Waals surface area contributed by atoms with Crippen molar-refractivity contribution >= 4 is 28.1 Å². The molecule has 1 aromatic heterocycles. The van der Waals surface area contributed by atoms with Gasteiger partial charge in [-0.2, -0.15) is 0 Å². The molecule has 0 atom stereocenters. The fourth-order valence-corrected chi connectivity index (χ4v) is 3.02. The molecule has 17 heavy (non-hydrogen) atoms. The van der Waals surface area contributed by atoms with Crippen LogP contribution < -0.4 is 0 Å². The van der Waals surface area contributed by atoms with Gasteiger partial charge in [-0.15, -0.1) is 0 Å². The van der Waals surface area contributed by atoms with Crippen molar-refractivity contribution in [3.63, 3.8) is 0 Å². The molecule has 94 valence electrons. The van der Waals surface area contributed by atoms with E-state index in [9.17, 15) is 0 Å². The average Bonchev–Trinajstić information content (AvgIpc) is 2.84. The smallest absolute Gasteiger partial charge is 0.144 e. The van der Waals surface area contributed by atoms with Crippen LogP contribution in [0.1, 0.15) is 50.0 Å². The molecule has 0 aromatic carbocycles. The second kappa shape index (κ2) is 6.07. The Morgan fingerprint density at radius 1 is 1.47 bits per heavy atom. The molecular weight excluding hydrogens is 300 g/mol. The summed E-state index contributed by atoms with van der Waals surface area (Å²) in [7, 11) is 0. The molecule has 0 spiro atoms. The van der Waals surface area contributed by atoms with E-state index >= 15 is 0 Å². The van der Waals surface area contributed by atoms with Crippen molar-refractivity contribution in [3.8, 4) is 0 Å². The van der Waals surface area contributed by atoms with Gasteiger partial charge >= 0.3 is 0 Å². The van der Waals surface area contributed by atoms with Crippen molar-refractivity contribution in [1.82, 2.24) is 9.97 Å². The van der Waals surface area contributed by atoms with Crippen LogP contribution in [0.4, 0.5) is 0 Å². The second-order valence-electron chi connectivity index (χ2n) is 4.33. The van der Waals surface area contributed by atoms with Crippen LogP contribution in [-0.4, -0.2) is 16.6 Å². The van der Waals surface area contributed by atoms with Gasteiger partial charge in [-0.3, -0.25) is 0 Å². The first-order valence-corrected chi connectivity index (χ1v) is 7.28. The van der Waals surface area contributed by atoms with Crippen LogP contribution in [0.25, 0.3) is 0 Å². The number of nitrogens with one attached hydrogen (secondary N) is 1. The number of halogens is 1. The van der Waals surface area contributed by atoms with Crippen molar-refractivity contribution in [2.45, 2.75) is 45.1 Å². The number of aromatic amines is 1. The summed E-state index contributed by atoms with van der Waals surface area (Å²) in [6, 6.07) is 0. The molecule has 2 rings (SSSR count). The Kier molecular flexibility index (Phi) is 4.70. The predicted octanol–water partition coefficient (Wildman–Crippen LogP) is 4.10. The highest BCUT2D eigenvalue weighted by Gasteiger charge is 2.21. The molecular formula is C12H17BrN2OS. The van der Waals surface area contributed by atoms with Crippen LogP contribution >= 0.6 is 28.1 Å². The van der Waals surface area contributed by atoms with E-state index in [4.69, 9.17) is 17.0 Å². The van der Waals surface area contributed by atoms with E-state index in [0.717, 1.165) is 10.3 Å². The fourth-order valence-electron chi connectivity index (χ4n) is 2.29. The lowest BCUT2D eigenvalue weighted by Gasteiger charge is -2.13. The van der Waals surface area contributed by atoms with E-state index in [1.165, 1.54) is 31.4 Å². The zero-order valence-electron chi connectivity index (χ0n) is 9.96. The van der Waals surface area contributed by atoms with E-state index in [1.54, 1.807) is 0 Å². The quantitative estimate of drug-likeness (QED) is 0.850. The Hall–Kier alpha value is -0.260. The van der Waals surface area contributed by atoms with Gasteiger partial charge in [0.05, 0.1) is 4.47 Å². The summed E-state index contributed by atoms with van der Waals surface area (Å²) in [4.78, 5) is 7.71. The third-order valence-corrected chi connectivity index (χ3v) is 4.51. The molecule has 0 amide bonds. The molecule has 1 aliphatic carbocycles. The van der Waals surface area contributed by atoms with Crippen molar-refractivity contribution < 1.29 is 4.74 Å². The molecule has 1 aromatic rings. The average molecular weight is 317 g/mol. The highest BCUT2D eigenvalue weighted by atomic mass is 79.9. The Morgan fingerprint density at radius 2 is 2.18 bits per heavy atom. The molecule has 0 unspecified atom stereocenters. The van der Waals surface area contributed by atoms with E-state index in [2.05, 4.69) is 25.9 Å². The zero-order valence-corrected chi connectivity index (χ0v) is 12.4. The van der Waals surface area contributed by atoms with Crippen LogP contribution in [-0.2, 0) is 11.3 Å². The van der Waals surface area contributed by atoms with Crippen LogP contribution in [0.2, 0.25) is 0 Å². The maximum Gasteiger partial charge on any atom is 0.144 e. The number of aromatic nitrogens is 2. The second-order valence-corrected chi connectivity index (χ2v) is 5.51. The number of hydrogen-bond acceptors (Lipinski definition) is 3. The molecule has 5 heteroatoms. The lowest BCUT2D eigenvalue weighted by molar-refractivity contribution is 0.128. The largest absolute Gasteiger partial charge is 0.374 e. The molecule has 1 heterocycles. The third-order valence-electron chi connectivity index (χ3n) is 3.15. The Morgan fingerprint density at radius 3 is 2.82 bits per heavy atom. The molecule has 0 radical (unpaired) electrons. The number of hydrogen-bond donors (Lipinski definition) is 1. The van der Waals surface area contributed by atoms with Gasteiger partial charge in [0.25, 0.3) is 0 Å². The van der Waals surface area contributed by atoms with Gasteiger partial charge in [-0.25, -0.2) is 4.98 Å². The molecule has 0 bridgehead atoms. The summed E-state index contributed by atoms with van der Waals surface area (Å²) in [5.41, 5.74) is 1.21. The van der Waals surface area contributed by atoms with Gasteiger partial charge in [0.15, 0.2) is 0 Å². The summed E-state index contributed by atoms with van der Waals surface area (Å²) >= 11 is 8.83. The van der Waals surface area contributed by atoms with Gasteiger partial charge in [0.2, 0.25) is 0 Å². The van der Waals surface area contributed by atoms with Crippen LogP contribution in [0.5, 0.6) is 0 Å². The molecule has 1 aliphatic rings. The maximum atomic E-state index is 5.38. The van der Waals surface area contributed by atoms with Gasteiger partial charge in [-0.05, 0) is 35.7 Å². The highest BCUT2D eigenvalue weighted by molar-refractivity contribution is 9.10. The van der Waals surface area contributed by atoms with Gasteiger partial charge < -0.3 is 9.72 Å².